The minimum Gasteiger partial charge on any atom is -0.496 e. The summed E-state index contributed by atoms with van der Waals surface area (Å²) in [7, 11) is 1.47. The van der Waals surface area contributed by atoms with Crippen LogP contribution in [0.4, 0.5) is 0 Å². The third kappa shape index (κ3) is 5.77. The molecule has 1 aromatic rings. The SMILES string of the molecule is CCNC(=O)[C@@H](C)OC(=O)[C@@H](NC(=O)c1ccccc1OC)C(C)C. The lowest BCUT2D eigenvalue weighted by molar-refractivity contribution is -0.157. The monoisotopic (exact) mass is 350 g/mol. The van der Waals surface area contributed by atoms with Crippen LogP contribution in [0.25, 0.3) is 0 Å². The minimum absolute atomic E-state index is 0.215. The van der Waals surface area contributed by atoms with Crippen molar-refractivity contribution in [1.29, 1.82) is 0 Å². The summed E-state index contributed by atoms with van der Waals surface area (Å²) in [6.07, 6.45) is -0.933. The fourth-order valence-corrected chi connectivity index (χ4v) is 2.17. The zero-order valence-corrected chi connectivity index (χ0v) is 15.3. The Kier molecular flexibility index (Phi) is 7.91. The number of amides is 2. The molecule has 0 heterocycles. The highest BCUT2D eigenvalue weighted by Crippen LogP contribution is 2.18. The lowest BCUT2D eigenvalue weighted by Crippen LogP contribution is -2.47. The van der Waals surface area contributed by atoms with Crippen LogP contribution >= 0.6 is 0 Å². The average molecular weight is 350 g/mol. The molecule has 0 spiro atoms. The molecule has 0 radical (unpaired) electrons. The molecule has 2 N–H and O–H groups in total. The number of esters is 1. The van der Waals surface area contributed by atoms with Crippen molar-refractivity contribution in [1.82, 2.24) is 10.6 Å². The Hall–Kier alpha value is -2.57. The van der Waals surface area contributed by atoms with Gasteiger partial charge in [-0.05, 0) is 31.9 Å². The van der Waals surface area contributed by atoms with Crippen LogP contribution in [0.2, 0.25) is 0 Å². The van der Waals surface area contributed by atoms with Gasteiger partial charge in [0.2, 0.25) is 0 Å². The van der Waals surface area contributed by atoms with E-state index in [2.05, 4.69) is 10.6 Å². The van der Waals surface area contributed by atoms with Gasteiger partial charge in [-0.3, -0.25) is 9.59 Å². The van der Waals surface area contributed by atoms with Crippen LogP contribution in [0.1, 0.15) is 38.1 Å². The predicted octanol–water partition coefficient (Wildman–Crippen LogP) is 1.52. The number of rotatable bonds is 8. The maximum atomic E-state index is 12.5. The second kappa shape index (κ2) is 9.66. The van der Waals surface area contributed by atoms with Gasteiger partial charge in [0.15, 0.2) is 6.10 Å². The molecule has 0 fully saturated rings. The van der Waals surface area contributed by atoms with Crippen molar-refractivity contribution >= 4 is 17.8 Å². The van der Waals surface area contributed by atoms with E-state index in [1.165, 1.54) is 14.0 Å². The van der Waals surface area contributed by atoms with E-state index in [0.717, 1.165) is 0 Å². The van der Waals surface area contributed by atoms with Crippen LogP contribution in [0.15, 0.2) is 24.3 Å². The minimum atomic E-state index is -0.933. The zero-order chi connectivity index (χ0) is 19.0. The molecule has 1 rings (SSSR count). The van der Waals surface area contributed by atoms with Gasteiger partial charge in [0, 0.05) is 6.54 Å². The van der Waals surface area contributed by atoms with Crippen LogP contribution < -0.4 is 15.4 Å². The largest absolute Gasteiger partial charge is 0.496 e. The molecule has 0 aliphatic carbocycles. The lowest BCUT2D eigenvalue weighted by Gasteiger charge is -2.23. The zero-order valence-electron chi connectivity index (χ0n) is 15.3. The molecule has 0 aliphatic rings. The number of likely N-dealkylation sites (N-methyl/N-ethyl adjacent to an activating group) is 1. The normalized spacial score (nSPS) is 12.9. The molecule has 138 valence electrons. The molecule has 25 heavy (non-hydrogen) atoms. The summed E-state index contributed by atoms with van der Waals surface area (Å²) < 4.78 is 10.3. The van der Waals surface area contributed by atoms with E-state index < -0.39 is 24.0 Å². The lowest BCUT2D eigenvalue weighted by atomic mass is 10.0. The smallest absolute Gasteiger partial charge is 0.329 e. The second-order valence-corrected chi connectivity index (χ2v) is 5.87. The van der Waals surface area contributed by atoms with E-state index in [4.69, 9.17) is 9.47 Å². The summed E-state index contributed by atoms with van der Waals surface area (Å²) in [6, 6.07) is 5.84. The highest BCUT2D eigenvalue weighted by molar-refractivity contribution is 5.99. The number of ether oxygens (including phenoxy) is 2. The maximum absolute atomic E-state index is 12.5. The third-order valence-electron chi connectivity index (χ3n) is 3.57. The van der Waals surface area contributed by atoms with Gasteiger partial charge in [-0.2, -0.15) is 0 Å². The molecule has 0 aromatic heterocycles. The van der Waals surface area contributed by atoms with Gasteiger partial charge in [0.05, 0.1) is 12.7 Å². The molecule has 7 heteroatoms. The molecule has 0 bridgehead atoms. The van der Waals surface area contributed by atoms with Crippen molar-refractivity contribution in [3.05, 3.63) is 29.8 Å². The Bertz CT molecular complexity index is 615. The molecule has 2 atom stereocenters. The van der Waals surface area contributed by atoms with E-state index in [1.54, 1.807) is 45.0 Å². The van der Waals surface area contributed by atoms with Gasteiger partial charge in [-0.25, -0.2) is 4.79 Å². The van der Waals surface area contributed by atoms with E-state index in [0.29, 0.717) is 17.9 Å². The molecule has 0 aliphatic heterocycles. The summed E-state index contributed by atoms with van der Waals surface area (Å²) in [4.78, 5) is 36.6. The van der Waals surface area contributed by atoms with Gasteiger partial charge < -0.3 is 20.1 Å². The number of carbonyl (C=O) groups is 3. The summed E-state index contributed by atoms with van der Waals surface area (Å²) in [6.45, 7) is 7.27. The van der Waals surface area contributed by atoms with Crippen molar-refractivity contribution in [2.75, 3.05) is 13.7 Å². The number of hydrogen-bond acceptors (Lipinski definition) is 5. The molecule has 7 nitrogen and oxygen atoms in total. The first-order valence-corrected chi connectivity index (χ1v) is 8.23. The average Bonchev–Trinajstić information content (AvgIpc) is 2.58. The van der Waals surface area contributed by atoms with E-state index in [9.17, 15) is 14.4 Å². The fourth-order valence-electron chi connectivity index (χ4n) is 2.17. The topological polar surface area (TPSA) is 93.7 Å². The Morgan fingerprint density at radius 2 is 1.76 bits per heavy atom. The van der Waals surface area contributed by atoms with E-state index in [-0.39, 0.29) is 11.8 Å². The van der Waals surface area contributed by atoms with Crippen LogP contribution in [-0.4, -0.2) is 43.6 Å². The predicted molar refractivity (Wildman–Crippen MR) is 93.3 cm³/mol. The first-order valence-electron chi connectivity index (χ1n) is 8.23. The van der Waals surface area contributed by atoms with E-state index in [1.807, 2.05) is 0 Å². The third-order valence-corrected chi connectivity index (χ3v) is 3.57. The van der Waals surface area contributed by atoms with Crippen molar-refractivity contribution in [2.45, 2.75) is 39.8 Å². The van der Waals surface area contributed by atoms with Crippen LogP contribution in [0.3, 0.4) is 0 Å². The maximum Gasteiger partial charge on any atom is 0.329 e. The number of para-hydroxylation sites is 1. The van der Waals surface area contributed by atoms with Crippen molar-refractivity contribution in [2.24, 2.45) is 5.92 Å². The Balaban J connectivity index is 2.84. The highest BCUT2D eigenvalue weighted by Gasteiger charge is 2.29. The molecule has 0 saturated carbocycles. The standard InChI is InChI=1S/C18H26N2O5/c1-6-19-16(21)12(4)25-18(23)15(11(2)3)20-17(22)13-9-7-8-10-14(13)24-5/h7-12,15H,6H2,1-5H3,(H,19,21)(H,20,22)/t12-,15+/m1/s1. The number of carbonyl (C=O) groups excluding carboxylic acids is 3. The van der Waals surface area contributed by atoms with Crippen molar-refractivity contribution < 1.29 is 23.9 Å². The first-order chi connectivity index (χ1) is 11.8. The van der Waals surface area contributed by atoms with Crippen LogP contribution in [0.5, 0.6) is 5.75 Å². The number of hydrogen-bond donors (Lipinski definition) is 2. The quantitative estimate of drug-likeness (QED) is 0.693. The molecule has 1 aromatic carbocycles. The van der Waals surface area contributed by atoms with Crippen LogP contribution in [0, 0.1) is 5.92 Å². The summed E-state index contributed by atoms with van der Waals surface area (Å²) in [5, 5.41) is 5.24. The van der Waals surface area contributed by atoms with E-state index >= 15 is 0 Å². The van der Waals surface area contributed by atoms with Gasteiger partial charge in [0.25, 0.3) is 11.8 Å². The first kappa shape index (κ1) is 20.5. The number of methoxy groups -OCH3 is 1. The summed E-state index contributed by atoms with van der Waals surface area (Å²) in [5.74, 6) is -1.29. The van der Waals surface area contributed by atoms with Crippen molar-refractivity contribution in [3.63, 3.8) is 0 Å². The number of nitrogens with one attached hydrogen (secondary N) is 2. The molecular weight excluding hydrogens is 324 g/mol. The molecular formula is C18H26N2O5. The van der Waals surface area contributed by atoms with Gasteiger partial charge >= 0.3 is 5.97 Å². The fraction of sp³-hybridized carbons (Fsp3) is 0.500. The van der Waals surface area contributed by atoms with Gasteiger partial charge in [0.1, 0.15) is 11.8 Å². The van der Waals surface area contributed by atoms with Crippen LogP contribution in [-0.2, 0) is 14.3 Å². The van der Waals surface area contributed by atoms with Gasteiger partial charge in [-0.1, -0.05) is 26.0 Å². The Morgan fingerprint density at radius 1 is 1.12 bits per heavy atom. The second-order valence-electron chi connectivity index (χ2n) is 5.87. The number of benzene rings is 1. The Labute approximate surface area is 148 Å². The molecule has 0 saturated heterocycles. The summed E-state index contributed by atoms with van der Waals surface area (Å²) in [5.41, 5.74) is 0.320. The Morgan fingerprint density at radius 3 is 2.32 bits per heavy atom. The van der Waals surface area contributed by atoms with Crippen molar-refractivity contribution in [3.8, 4) is 5.75 Å². The molecule has 2 amide bonds. The molecule has 0 unspecified atom stereocenters. The summed E-state index contributed by atoms with van der Waals surface area (Å²) >= 11 is 0. The highest BCUT2D eigenvalue weighted by atomic mass is 16.5. The van der Waals surface area contributed by atoms with Gasteiger partial charge in [-0.15, -0.1) is 0 Å².